The predicted octanol–water partition coefficient (Wildman–Crippen LogP) is 4.42. The highest BCUT2D eigenvalue weighted by atomic mass is 79.9. The van der Waals surface area contributed by atoms with Crippen molar-refractivity contribution in [3.8, 4) is 0 Å². The van der Waals surface area contributed by atoms with E-state index in [9.17, 15) is 4.79 Å². The van der Waals surface area contributed by atoms with Gasteiger partial charge in [-0.3, -0.25) is 4.79 Å². The summed E-state index contributed by atoms with van der Waals surface area (Å²) in [7, 11) is 0. The SMILES string of the molecule is Cc1ccc(N)cc1NC(=O)c1cc(Br)sc1Br. The highest BCUT2D eigenvalue weighted by molar-refractivity contribution is 9.12. The lowest BCUT2D eigenvalue weighted by Gasteiger charge is -2.08. The van der Waals surface area contributed by atoms with E-state index in [2.05, 4.69) is 37.2 Å². The highest BCUT2D eigenvalue weighted by Gasteiger charge is 2.14. The Morgan fingerprint density at radius 2 is 2.06 bits per heavy atom. The molecule has 0 radical (unpaired) electrons. The fourth-order valence-electron chi connectivity index (χ4n) is 1.46. The zero-order valence-electron chi connectivity index (χ0n) is 9.46. The van der Waals surface area contributed by atoms with Gasteiger partial charge in [0.05, 0.1) is 13.1 Å². The number of hydrogen-bond donors (Lipinski definition) is 2. The van der Waals surface area contributed by atoms with Gasteiger partial charge in [-0.2, -0.15) is 0 Å². The summed E-state index contributed by atoms with van der Waals surface area (Å²) in [4.78, 5) is 12.1. The number of benzene rings is 1. The molecule has 3 nitrogen and oxygen atoms in total. The van der Waals surface area contributed by atoms with E-state index in [4.69, 9.17) is 5.73 Å². The fraction of sp³-hybridized carbons (Fsp3) is 0.0833. The van der Waals surface area contributed by atoms with Gasteiger partial charge in [0.2, 0.25) is 0 Å². The monoisotopic (exact) mass is 388 g/mol. The number of carbonyl (C=O) groups is 1. The molecule has 0 aliphatic carbocycles. The smallest absolute Gasteiger partial charge is 0.257 e. The first-order valence-corrected chi connectivity index (χ1v) is 7.50. The molecular formula is C12H10Br2N2OS. The number of nitrogens with two attached hydrogens (primary N) is 1. The predicted molar refractivity (Wildman–Crippen MR) is 83.3 cm³/mol. The van der Waals surface area contributed by atoms with Crippen molar-refractivity contribution in [2.75, 3.05) is 11.1 Å². The van der Waals surface area contributed by atoms with Crippen LogP contribution in [0.25, 0.3) is 0 Å². The molecule has 1 heterocycles. The second kappa shape index (κ2) is 5.42. The number of amides is 1. The van der Waals surface area contributed by atoms with Gasteiger partial charge in [0, 0.05) is 11.4 Å². The third-order valence-corrected chi connectivity index (χ3v) is 4.75. The van der Waals surface area contributed by atoms with Crippen LogP contribution in [0.2, 0.25) is 0 Å². The van der Waals surface area contributed by atoms with E-state index in [1.165, 1.54) is 11.3 Å². The van der Waals surface area contributed by atoms with E-state index < -0.39 is 0 Å². The Labute approximate surface area is 126 Å². The number of rotatable bonds is 2. The van der Waals surface area contributed by atoms with E-state index in [0.717, 1.165) is 18.8 Å². The van der Waals surface area contributed by atoms with Crippen molar-refractivity contribution >= 4 is 60.5 Å². The largest absolute Gasteiger partial charge is 0.399 e. The van der Waals surface area contributed by atoms with Gasteiger partial charge < -0.3 is 11.1 Å². The molecule has 0 fully saturated rings. The van der Waals surface area contributed by atoms with Crippen molar-refractivity contribution in [3.05, 3.63) is 43.0 Å². The maximum absolute atomic E-state index is 12.1. The van der Waals surface area contributed by atoms with Gasteiger partial charge in [-0.1, -0.05) is 6.07 Å². The average Bonchev–Trinajstić information content (AvgIpc) is 2.63. The lowest BCUT2D eigenvalue weighted by Crippen LogP contribution is -2.12. The maximum atomic E-state index is 12.1. The second-order valence-corrected chi connectivity index (χ2v) is 7.52. The van der Waals surface area contributed by atoms with Crippen LogP contribution in [0.3, 0.4) is 0 Å². The van der Waals surface area contributed by atoms with Crippen LogP contribution in [0.5, 0.6) is 0 Å². The number of anilines is 2. The molecule has 0 aliphatic heterocycles. The van der Waals surface area contributed by atoms with Crippen molar-refractivity contribution in [1.29, 1.82) is 0 Å². The molecule has 94 valence electrons. The summed E-state index contributed by atoms with van der Waals surface area (Å²) in [5.41, 5.74) is 8.65. The Morgan fingerprint density at radius 3 is 2.67 bits per heavy atom. The summed E-state index contributed by atoms with van der Waals surface area (Å²) in [6, 6.07) is 7.22. The molecule has 0 atom stereocenters. The Balaban J connectivity index is 2.26. The van der Waals surface area contributed by atoms with Gasteiger partial charge in [-0.25, -0.2) is 0 Å². The summed E-state index contributed by atoms with van der Waals surface area (Å²) >= 11 is 8.18. The summed E-state index contributed by atoms with van der Waals surface area (Å²) in [5, 5.41) is 2.86. The molecule has 18 heavy (non-hydrogen) atoms. The van der Waals surface area contributed by atoms with Gasteiger partial charge in [0.25, 0.3) is 5.91 Å². The van der Waals surface area contributed by atoms with Crippen molar-refractivity contribution in [3.63, 3.8) is 0 Å². The zero-order valence-corrected chi connectivity index (χ0v) is 13.4. The quantitative estimate of drug-likeness (QED) is 0.747. The number of thiophene rings is 1. The van der Waals surface area contributed by atoms with E-state index in [1.807, 2.05) is 19.1 Å². The Morgan fingerprint density at radius 1 is 1.33 bits per heavy atom. The molecule has 2 rings (SSSR count). The summed E-state index contributed by atoms with van der Waals surface area (Å²) in [6.45, 7) is 1.92. The number of halogens is 2. The first kappa shape index (κ1) is 13.6. The zero-order chi connectivity index (χ0) is 13.3. The average molecular weight is 390 g/mol. The molecule has 0 aliphatic rings. The summed E-state index contributed by atoms with van der Waals surface area (Å²) in [5.74, 6) is -0.155. The normalized spacial score (nSPS) is 10.4. The Hall–Kier alpha value is -0.850. The first-order chi connectivity index (χ1) is 8.47. The van der Waals surface area contributed by atoms with Gasteiger partial charge >= 0.3 is 0 Å². The van der Waals surface area contributed by atoms with E-state index in [0.29, 0.717) is 11.3 Å². The minimum atomic E-state index is -0.155. The molecule has 6 heteroatoms. The van der Waals surface area contributed by atoms with Gasteiger partial charge in [-0.05, 0) is 62.5 Å². The molecule has 1 aromatic carbocycles. The van der Waals surface area contributed by atoms with E-state index >= 15 is 0 Å². The van der Waals surface area contributed by atoms with Crippen molar-refractivity contribution in [1.82, 2.24) is 0 Å². The molecule has 1 amide bonds. The molecule has 1 aromatic heterocycles. The minimum Gasteiger partial charge on any atom is -0.399 e. The Bertz CT molecular complexity index is 610. The molecular weight excluding hydrogens is 380 g/mol. The van der Waals surface area contributed by atoms with Gasteiger partial charge in [0.1, 0.15) is 0 Å². The highest BCUT2D eigenvalue weighted by Crippen LogP contribution is 2.32. The van der Waals surface area contributed by atoms with Crippen LogP contribution in [0.4, 0.5) is 11.4 Å². The molecule has 2 aromatic rings. The minimum absolute atomic E-state index is 0.155. The molecule has 3 N–H and O–H groups in total. The number of nitrogen functional groups attached to an aromatic ring is 1. The van der Waals surface area contributed by atoms with Crippen LogP contribution >= 0.6 is 43.2 Å². The molecule has 0 bridgehead atoms. The van der Waals surface area contributed by atoms with Crippen LogP contribution in [0, 0.1) is 6.92 Å². The van der Waals surface area contributed by atoms with E-state index in [1.54, 1.807) is 12.1 Å². The summed E-state index contributed by atoms with van der Waals surface area (Å²) in [6.07, 6.45) is 0. The second-order valence-electron chi connectivity index (χ2n) is 3.77. The summed E-state index contributed by atoms with van der Waals surface area (Å²) < 4.78 is 1.71. The maximum Gasteiger partial charge on any atom is 0.257 e. The molecule has 0 spiro atoms. The number of nitrogens with one attached hydrogen (secondary N) is 1. The number of carbonyl (C=O) groups excluding carboxylic acids is 1. The van der Waals surface area contributed by atoms with Crippen molar-refractivity contribution in [2.24, 2.45) is 0 Å². The topological polar surface area (TPSA) is 55.1 Å². The van der Waals surface area contributed by atoms with Crippen LogP contribution in [-0.4, -0.2) is 5.91 Å². The van der Waals surface area contributed by atoms with Gasteiger partial charge in [-0.15, -0.1) is 11.3 Å². The third kappa shape index (κ3) is 2.93. The van der Waals surface area contributed by atoms with Crippen LogP contribution in [-0.2, 0) is 0 Å². The lowest BCUT2D eigenvalue weighted by atomic mass is 10.1. The van der Waals surface area contributed by atoms with Crippen molar-refractivity contribution < 1.29 is 4.79 Å². The Kier molecular flexibility index (Phi) is 4.09. The molecule has 0 saturated heterocycles. The number of aryl methyl sites for hydroxylation is 1. The van der Waals surface area contributed by atoms with Gasteiger partial charge in [0.15, 0.2) is 0 Å². The van der Waals surface area contributed by atoms with Crippen LogP contribution in [0.15, 0.2) is 31.8 Å². The van der Waals surface area contributed by atoms with E-state index in [-0.39, 0.29) is 5.91 Å². The third-order valence-electron chi connectivity index (χ3n) is 2.41. The lowest BCUT2D eigenvalue weighted by molar-refractivity contribution is 0.102. The number of hydrogen-bond acceptors (Lipinski definition) is 3. The van der Waals surface area contributed by atoms with Crippen LogP contribution < -0.4 is 11.1 Å². The molecule has 0 saturated carbocycles. The fourth-order valence-corrected chi connectivity index (χ4v) is 4.25. The van der Waals surface area contributed by atoms with Crippen LogP contribution in [0.1, 0.15) is 15.9 Å². The van der Waals surface area contributed by atoms with Crippen molar-refractivity contribution in [2.45, 2.75) is 6.92 Å². The molecule has 0 unspecified atom stereocenters. The first-order valence-electron chi connectivity index (χ1n) is 5.09. The standard InChI is InChI=1S/C12H10Br2N2OS/c1-6-2-3-7(15)4-9(6)16-12(17)8-5-10(13)18-11(8)14/h2-5H,15H2,1H3,(H,16,17).